The molecular formula is C19H27N3O4. The number of aliphatic hydroxyl groups is 2. The second kappa shape index (κ2) is 8.14. The van der Waals surface area contributed by atoms with Crippen LogP contribution in [0.5, 0.6) is 0 Å². The molecule has 3 rings (SSSR count). The summed E-state index contributed by atoms with van der Waals surface area (Å²) in [5.41, 5.74) is 0.843. The van der Waals surface area contributed by atoms with Gasteiger partial charge in [-0.25, -0.2) is 14.2 Å². The lowest BCUT2D eigenvalue weighted by molar-refractivity contribution is -0.118. The summed E-state index contributed by atoms with van der Waals surface area (Å²) in [6.07, 6.45) is 7.53. The van der Waals surface area contributed by atoms with Gasteiger partial charge in [0.05, 0.1) is 18.4 Å². The van der Waals surface area contributed by atoms with Crippen LogP contribution in [-0.4, -0.2) is 42.7 Å². The molecule has 3 atom stereocenters. The molecule has 0 spiro atoms. The van der Waals surface area contributed by atoms with Crippen molar-refractivity contribution in [2.24, 2.45) is 5.92 Å². The quantitative estimate of drug-likeness (QED) is 0.695. The Labute approximate surface area is 152 Å². The van der Waals surface area contributed by atoms with E-state index in [0.29, 0.717) is 30.6 Å². The van der Waals surface area contributed by atoms with E-state index in [2.05, 4.69) is 11.9 Å². The van der Waals surface area contributed by atoms with Crippen LogP contribution in [0.3, 0.4) is 0 Å². The van der Waals surface area contributed by atoms with Gasteiger partial charge in [-0.15, -0.1) is 0 Å². The number of imidazole rings is 1. The Kier molecular flexibility index (Phi) is 5.88. The van der Waals surface area contributed by atoms with Crippen molar-refractivity contribution in [2.45, 2.75) is 64.0 Å². The summed E-state index contributed by atoms with van der Waals surface area (Å²) in [6, 6.07) is 1.49. The van der Waals surface area contributed by atoms with Gasteiger partial charge in [-0.1, -0.05) is 19.8 Å². The second-order valence-corrected chi connectivity index (χ2v) is 7.18. The normalized spacial score (nSPS) is 23.0. The summed E-state index contributed by atoms with van der Waals surface area (Å²) < 4.78 is 3.05. The molecular weight excluding hydrogens is 334 g/mol. The number of aliphatic hydroxyl groups excluding tert-OH is 2. The maximum Gasteiger partial charge on any atom is 0.334 e. The molecule has 0 saturated heterocycles. The van der Waals surface area contributed by atoms with E-state index in [1.807, 2.05) is 0 Å². The molecule has 0 aliphatic heterocycles. The minimum absolute atomic E-state index is 0.111. The Bertz CT molecular complexity index is 826. The molecule has 2 aromatic rings. The Hall–Kier alpha value is -1.99. The summed E-state index contributed by atoms with van der Waals surface area (Å²) in [5.74, 6) is -0.243. The molecule has 3 unspecified atom stereocenters. The van der Waals surface area contributed by atoms with Gasteiger partial charge in [0.1, 0.15) is 11.4 Å². The molecule has 0 radical (unpaired) electrons. The van der Waals surface area contributed by atoms with Crippen molar-refractivity contribution in [2.75, 3.05) is 6.61 Å². The number of hydrogen-bond donors (Lipinski definition) is 2. The molecule has 1 fully saturated rings. The fourth-order valence-corrected chi connectivity index (χ4v) is 3.92. The van der Waals surface area contributed by atoms with Crippen molar-refractivity contribution >= 4 is 11.4 Å². The minimum atomic E-state index is -0.602. The number of aromatic nitrogens is 3. The summed E-state index contributed by atoms with van der Waals surface area (Å²) >= 11 is 0. The van der Waals surface area contributed by atoms with Gasteiger partial charge in [-0.3, -0.25) is 9.36 Å². The van der Waals surface area contributed by atoms with Gasteiger partial charge in [0, 0.05) is 37.2 Å². The van der Waals surface area contributed by atoms with Gasteiger partial charge in [-0.05, 0) is 25.3 Å². The van der Waals surface area contributed by atoms with Gasteiger partial charge in [0.15, 0.2) is 0 Å². The fourth-order valence-electron chi connectivity index (χ4n) is 3.92. The first-order valence-corrected chi connectivity index (χ1v) is 9.45. The highest BCUT2D eigenvalue weighted by molar-refractivity contribution is 5.80. The van der Waals surface area contributed by atoms with Crippen LogP contribution in [0.15, 0.2) is 23.3 Å². The van der Waals surface area contributed by atoms with E-state index in [1.165, 1.54) is 4.40 Å². The largest absolute Gasteiger partial charge is 0.396 e. The van der Waals surface area contributed by atoms with Crippen molar-refractivity contribution in [1.29, 1.82) is 0 Å². The summed E-state index contributed by atoms with van der Waals surface area (Å²) in [7, 11) is 0. The van der Waals surface area contributed by atoms with E-state index in [4.69, 9.17) is 0 Å². The van der Waals surface area contributed by atoms with Gasteiger partial charge in [-0.2, -0.15) is 0 Å². The highest BCUT2D eigenvalue weighted by Gasteiger charge is 2.36. The first-order valence-electron chi connectivity index (χ1n) is 9.45. The molecule has 7 heteroatoms. The molecule has 1 aliphatic carbocycles. The third-order valence-corrected chi connectivity index (χ3v) is 5.41. The van der Waals surface area contributed by atoms with Crippen molar-refractivity contribution < 1.29 is 15.0 Å². The van der Waals surface area contributed by atoms with E-state index in [9.17, 15) is 19.8 Å². The Morgan fingerprint density at radius 3 is 2.88 bits per heavy atom. The van der Waals surface area contributed by atoms with E-state index in [0.717, 1.165) is 19.3 Å². The molecule has 26 heavy (non-hydrogen) atoms. The number of nitrogens with zero attached hydrogens (tertiary/aromatic N) is 3. The second-order valence-electron chi connectivity index (χ2n) is 7.18. The number of ketones is 1. The molecule has 2 N–H and O–H groups in total. The van der Waals surface area contributed by atoms with Crippen molar-refractivity contribution in [3.05, 3.63) is 34.6 Å². The van der Waals surface area contributed by atoms with Crippen molar-refractivity contribution in [1.82, 2.24) is 14.0 Å². The molecule has 1 aliphatic rings. The lowest BCUT2D eigenvalue weighted by Crippen LogP contribution is -2.34. The number of unbranched alkanes of at least 4 members (excludes halogenated alkanes) is 2. The molecule has 142 valence electrons. The summed E-state index contributed by atoms with van der Waals surface area (Å²) in [4.78, 5) is 29.5. The zero-order chi connectivity index (χ0) is 18.7. The van der Waals surface area contributed by atoms with Crippen molar-refractivity contribution in [3.8, 4) is 0 Å². The number of rotatable bonds is 8. The Balaban J connectivity index is 1.89. The standard InChI is InChI=1S/C19H27N3O4/c1-2-3-4-5-14(24)10-13-11-20-18-8-9-21(19(26)22(13)18)16-6-7-17(25)15(16)12-23/h8-9,11,15-17,23,25H,2-7,10,12H2,1H3. The third kappa shape index (κ3) is 3.59. The number of carbonyl (C=O) groups is 1. The van der Waals surface area contributed by atoms with Gasteiger partial charge in [0.2, 0.25) is 0 Å². The molecule has 1 saturated carbocycles. The first kappa shape index (κ1) is 18.8. The van der Waals surface area contributed by atoms with E-state index in [-0.39, 0.29) is 36.5 Å². The number of Topliss-reactive ketones (excluding diaryl/α,β-unsaturated/α-hetero) is 1. The van der Waals surface area contributed by atoms with E-state index >= 15 is 0 Å². The van der Waals surface area contributed by atoms with Crippen LogP contribution >= 0.6 is 0 Å². The minimum Gasteiger partial charge on any atom is -0.396 e. The van der Waals surface area contributed by atoms with Gasteiger partial charge < -0.3 is 10.2 Å². The summed E-state index contributed by atoms with van der Waals surface area (Å²) in [6.45, 7) is 1.93. The van der Waals surface area contributed by atoms with Crippen LogP contribution in [0.2, 0.25) is 0 Å². The molecule has 2 heterocycles. The Morgan fingerprint density at radius 2 is 2.15 bits per heavy atom. The topological polar surface area (TPSA) is 96.8 Å². The number of hydrogen-bond acceptors (Lipinski definition) is 5. The maximum absolute atomic E-state index is 13.0. The maximum atomic E-state index is 13.0. The Morgan fingerprint density at radius 1 is 1.35 bits per heavy atom. The van der Waals surface area contributed by atoms with Crippen molar-refractivity contribution in [3.63, 3.8) is 0 Å². The van der Waals surface area contributed by atoms with E-state index < -0.39 is 6.10 Å². The van der Waals surface area contributed by atoms with Crippen LogP contribution in [0.25, 0.3) is 5.65 Å². The smallest absolute Gasteiger partial charge is 0.334 e. The summed E-state index contributed by atoms with van der Waals surface area (Å²) in [5, 5.41) is 19.6. The average Bonchev–Trinajstić information content (AvgIpc) is 3.19. The predicted molar refractivity (Wildman–Crippen MR) is 97.2 cm³/mol. The zero-order valence-corrected chi connectivity index (χ0v) is 15.2. The van der Waals surface area contributed by atoms with Gasteiger partial charge in [0.25, 0.3) is 0 Å². The number of carbonyl (C=O) groups excluding carboxylic acids is 1. The lowest BCUT2D eigenvalue weighted by atomic mass is 10.0. The van der Waals surface area contributed by atoms with E-state index in [1.54, 1.807) is 23.0 Å². The van der Waals surface area contributed by atoms with Crippen LogP contribution in [0.1, 0.15) is 57.2 Å². The molecule has 0 aromatic carbocycles. The van der Waals surface area contributed by atoms with Crippen LogP contribution in [0, 0.1) is 5.92 Å². The average molecular weight is 361 g/mol. The van der Waals surface area contributed by atoms with Crippen LogP contribution in [-0.2, 0) is 11.2 Å². The van der Waals surface area contributed by atoms with Gasteiger partial charge >= 0.3 is 5.69 Å². The third-order valence-electron chi connectivity index (χ3n) is 5.41. The molecule has 2 aromatic heterocycles. The highest BCUT2D eigenvalue weighted by atomic mass is 16.3. The molecule has 0 bridgehead atoms. The predicted octanol–water partition coefficient (Wildman–Crippen LogP) is 1.49. The first-order chi connectivity index (χ1) is 12.6. The fraction of sp³-hybridized carbons (Fsp3) is 0.632. The van der Waals surface area contributed by atoms with Crippen LogP contribution in [0.4, 0.5) is 0 Å². The number of fused-ring (bicyclic) bond motifs is 1. The molecule has 0 amide bonds. The monoisotopic (exact) mass is 361 g/mol. The highest BCUT2D eigenvalue weighted by Crippen LogP contribution is 2.34. The SMILES string of the molecule is CCCCCC(=O)Cc1cnc2ccn(C3CCC(O)C3CO)c(=O)n12. The molecule has 7 nitrogen and oxygen atoms in total. The zero-order valence-electron chi connectivity index (χ0n) is 15.2. The van der Waals surface area contributed by atoms with Crippen LogP contribution < -0.4 is 5.69 Å². The lowest BCUT2D eigenvalue weighted by Gasteiger charge is -2.22.